The average Bonchev–Trinajstić information content (AvgIpc) is 3.41. The Morgan fingerprint density at radius 3 is 2.69 bits per heavy atom. The zero-order valence-corrected chi connectivity index (χ0v) is 18.1. The first-order valence-electron chi connectivity index (χ1n) is 11.2. The van der Waals surface area contributed by atoms with Gasteiger partial charge in [0.05, 0.1) is 10.3 Å². The van der Waals surface area contributed by atoms with E-state index in [1.807, 2.05) is 11.5 Å². The number of fused-ring (bicyclic) bond motifs is 2. The smallest absolute Gasteiger partial charge is 0.264 e. The van der Waals surface area contributed by atoms with Gasteiger partial charge in [-0.25, -0.2) is 4.98 Å². The molecule has 1 amide bonds. The molecule has 2 fully saturated rings. The maximum atomic E-state index is 13.5. The van der Waals surface area contributed by atoms with Crippen LogP contribution in [0, 0.1) is 6.92 Å². The molecular formula is C22H30N4O2S. The van der Waals surface area contributed by atoms with Crippen LogP contribution in [0.1, 0.15) is 66.0 Å². The third-order valence-corrected chi connectivity index (χ3v) is 8.09. The van der Waals surface area contributed by atoms with Crippen LogP contribution in [-0.2, 0) is 13.0 Å². The highest BCUT2D eigenvalue weighted by molar-refractivity contribution is 7.20. The molecule has 0 N–H and O–H groups in total. The highest BCUT2D eigenvalue weighted by Gasteiger charge is 2.33. The van der Waals surface area contributed by atoms with Crippen LogP contribution in [0.5, 0.6) is 0 Å². The standard InChI is InChI=1S/C22H30N4O2S/c1-15-18-20(23-17-9-3-2-4-12-26(17)21(18)27)29-19(15)22(28)25-13-7-8-16(25)14-24-10-5-6-11-24/h16H,2-14H2,1H3. The molecule has 2 aromatic rings. The summed E-state index contributed by atoms with van der Waals surface area (Å²) in [5, 5.41) is 0.666. The van der Waals surface area contributed by atoms with Crippen LogP contribution in [-0.4, -0.2) is 57.5 Å². The Morgan fingerprint density at radius 1 is 1.07 bits per heavy atom. The largest absolute Gasteiger partial charge is 0.334 e. The minimum absolute atomic E-state index is 0.0507. The molecule has 0 aliphatic carbocycles. The Morgan fingerprint density at radius 2 is 1.86 bits per heavy atom. The Hall–Kier alpha value is -1.73. The molecule has 2 aromatic heterocycles. The van der Waals surface area contributed by atoms with E-state index in [4.69, 9.17) is 4.98 Å². The predicted octanol–water partition coefficient (Wildman–Crippen LogP) is 3.19. The summed E-state index contributed by atoms with van der Waals surface area (Å²) in [6, 6.07) is 0.302. The minimum Gasteiger partial charge on any atom is -0.334 e. The van der Waals surface area contributed by atoms with E-state index in [9.17, 15) is 9.59 Å². The molecule has 0 spiro atoms. The molecule has 0 bridgehead atoms. The number of rotatable bonds is 3. The zero-order chi connectivity index (χ0) is 20.0. The van der Waals surface area contributed by atoms with Crippen LogP contribution in [0.3, 0.4) is 0 Å². The molecule has 2 saturated heterocycles. The van der Waals surface area contributed by atoms with Crippen molar-refractivity contribution in [1.29, 1.82) is 0 Å². The van der Waals surface area contributed by atoms with E-state index in [0.717, 1.165) is 92.3 Å². The molecule has 6 nitrogen and oxygen atoms in total. The number of thiophene rings is 1. The van der Waals surface area contributed by atoms with E-state index in [1.54, 1.807) is 0 Å². The second-order valence-electron chi connectivity index (χ2n) is 8.83. The third-order valence-electron chi connectivity index (χ3n) is 6.91. The maximum absolute atomic E-state index is 13.5. The van der Waals surface area contributed by atoms with E-state index in [-0.39, 0.29) is 11.5 Å². The van der Waals surface area contributed by atoms with Gasteiger partial charge >= 0.3 is 0 Å². The van der Waals surface area contributed by atoms with Gasteiger partial charge in [0.2, 0.25) is 0 Å². The van der Waals surface area contributed by atoms with Gasteiger partial charge < -0.3 is 9.80 Å². The molecule has 156 valence electrons. The second kappa shape index (κ2) is 7.84. The summed E-state index contributed by atoms with van der Waals surface area (Å²) in [5.74, 6) is 1.00. The molecule has 1 unspecified atom stereocenters. The first kappa shape index (κ1) is 19.2. The molecule has 3 aliphatic heterocycles. The van der Waals surface area contributed by atoms with Crippen molar-refractivity contribution < 1.29 is 4.79 Å². The lowest BCUT2D eigenvalue weighted by Gasteiger charge is -2.28. The maximum Gasteiger partial charge on any atom is 0.264 e. The SMILES string of the molecule is Cc1c(C(=O)N2CCCC2CN2CCCC2)sc2nc3n(c(=O)c12)CCCCC3. The lowest BCUT2D eigenvalue weighted by Crippen LogP contribution is -2.42. The van der Waals surface area contributed by atoms with E-state index in [2.05, 4.69) is 9.80 Å². The number of carbonyl (C=O) groups excluding carboxylic acids is 1. The van der Waals surface area contributed by atoms with Crippen molar-refractivity contribution in [3.8, 4) is 0 Å². The van der Waals surface area contributed by atoms with Gasteiger partial charge in [-0.2, -0.15) is 0 Å². The van der Waals surface area contributed by atoms with Crippen molar-refractivity contribution in [1.82, 2.24) is 19.4 Å². The van der Waals surface area contributed by atoms with E-state index >= 15 is 0 Å². The fourth-order valence-electron chi connectivity index (χ4n) is 5.30. The topological polar surface area (TPSA) is 58.4 Å². The summed E-state index contributed by atoms with van der Waals surface area (Å²) in [4.78, 5) is 37.6. The molecule has 0 saturated carbocycles. The van der Waals surface area contributed by atoms with Crippen molar-refractivity contribution in [2.75, 3.05) is 26.2 Å². The molecule has 3 aliphatic rings. The van der Waals surface area contributed by atoms with Crippen LogP contribution in [0.15, 0.2) is 4.79 Å². The van der Waals surface area contributed by atoms with Crippen LogP contribution in [0.4, 0.5) is 0 Å². The van der Waals surface area contributed by atoms with Crippen LogP contribution in [0.25, 0.3) is 10.2 Å². The number of carbonyl (C=O) groups is 1. The molecule has 0 aromatic carbocycles. The molecule has 1 atom stereocenters. The number of likely N-dealkylation sites (tertiary alicyclic amines) is 2. The summed E-state index contributed by atoms with van der Waals surface area (Å²) >= 11 is 1.43. The van der Waals surface area contributed by atoms with Crippen molar-refractivity contribution in [2.24, 2.45) is 0 Å². The first-order valence-corrected chi connectivity index (χ1v) is 12.0. The van der Waals surface area contributed by atoms with Gasteiger partial charge in [0.25, 0.3) is 11.5 Å². The van der Waals surface area contributed by atoms with Gasteiger partial charge in [-0.3, -0.25) is 14.2 Å². The highest BCUT2D eigenvalue weighted by Crippen LogP contribution is 2.32. The summed E-state index contributed by atoms with van der Waals surface area (Å²) in [6.45, 7) is 6.82. The quantitative estimate of drug-likeness (QED) is 0.774. The lowest BCUT2D eigenvalue weighted by molar-refractivity contribution is 0.0713. The summed E-state index contributed by atoms with van der Waals surface area (Å²) in [7, 11) is 0. The molecule has 29 heavy (non-hydrogen) atoms. The second-order valence-corrected chi connectivity index (χ2v) is 9.83. The number of aromatic nitrogens is 2. The van der Waals surface area contributed by atoms with Crippen molar-refractivity contribution in [2.45, 2.75) is 70.9 Å². The summed E-state index contributed by atoms with van der Waals surface area (Å²) < 4.78 is 1.86. The predicted molar refractivity (Wildman–Crippen MR) is 116 cm³/mol. The first-order chi connectivity index (χ1) is 14.1. The van der Waals surface area contributed by atoms with Gasteiger partial charge in [-0.05, 0) is 64.1 Å². The zero-order valence-electron chi connectivity index (χ0n) is 17.3. The highest BCUT2D eigenvalue weighted by atomic mass is 32.1. The minimum atomic E-state index is 0.0507. The van der Waals surface area contributed by atoms with Crippen LogP contribution >= 0.6 is 11.3 Å². The Bertz CT molecular complexity index is 989. The fourth-order valence-corrected chi connectivity index (χ4v) is 6.45. The number of amides is 1. The van der Waals surface area contributed by atoms with Gasteiger partial charge in [0.15, 0.2) is 0 Å². The Labute approximate surface area is 175 Å². The van der Waals surface area contributed by atoms with Crippen molar-refractivity contribution >= 4 is 27.5 Å². The number of aryl methyl sites for hydroxylation is 2. The lowest BCUT2D eigenvalue weighted by atomic mass is 10.1. The number of nitrogens with zero attached hydrogens (tertiary/aromatic N) is 4. The molecule has 5 heterocycles. The van der Waals surface area contributed by atoms with E-state index in [1.165, 1.54) is 24.2 Å². The third kappa shape index (κ3) is 3.42. The van der Waals surface area contributed by atoms with Crippen molar-refractivity contribution in [3.63, 3.8) is 0 Å². The fraction of sp³-hybridized carbons (Fsp3) is 0.682. The van der Waals surface area contributed by atoms with Gasteiger partial charge in [0.1, 0.15) is 10.7 Å². The van der Waals surface area contributed by atoms with Crippen LogP contribution in [0.2, 0.25) is 0 Å². The normalized spacial score (nSPS) is 22.9. The molecule has 5 rings (SSSR count). The Balaban J connectivity index is 1.48. The molecular weight excluding hydrogens is 384 g/mol. The number of hydrogen-bond acceptors (Lipinski definition) is 5. The summed E-state index contributed by atoms with van der Waals surface area (Å²) in [6.07, 6.45) is 8.82. The van der Waals surface area contributed by atoms with E-state index < -0.39 is 0 Å². The molecule has 7 heteroatoms. The van der Waals surface area contributed by atoms with Gasteiger partial charge in [-0.15, -0.1) is 11.3 Å². The van der Waals surface area contributed by atoms with Gasteiger partial charge in [-0.1, -0.05) is 6.42 Å². The summed E-state index contributed by atoms with van der Waals surface area (Å²) in [5.41, 5.74) is 0.883. The number of hydrogen-bond donors (Lipinski definition) is 0. The average molecular weight is 415 g/mol. The monoisotopic (exact) mass is 414 g/mol. The Kier molecular flexibility index (Phi) is 5.20. The van der Waals surface area contributed by atoms with E-state index in [0.29, 0.717) is 11.4 Å². The van der Waals surface area contributed by atoms with Crippen molar-refractivity contribution in [3.05, 3.63) is 26.6 Å². The van der Waals surface area contributed by atoms with Gasteiger partial charge in [0, 0.05) is 32.1 Å². The van der Waals surface area contributed by atoms with Crippen LogP contribution < -0.4 is 5.56 Å². The molecule has 0 radical (unpaired) electrons.